The molecule has 100 valence electrons. The van der Waals surface area contributed by atoms with Crippen LogP contribution < -0.4 is 5.32 Å². The average Bonchev–Trinajstić information content (AvgIpc) is 2.71. The molecule has 0 bridgehead atoms. The van der Waals surface area contributed by atoms with Crippen LogP contribution in [0.5, 0.6) is 0 Å². The molecule has 1 rings (SSSR count). The third-order valence-electron chi connectivity index (χ3n) is 2.72. The number of aromatic nitrogens is 2. The van der Waals surface area contributed by atoms with E-state index in [1.165, 1.54) is 5.56 Å². The molecule has 0 aliphatic carbocycles. The Morgan fingerprint density at radius 2 is 2.28 bits per heavy atom. The third-order valence-corrected chi connectivity index (χ3v) is 3.23. The Labute approximate surface area is 117 Å². The van der Waals surface area contributed by atoms with Gasteiger partial charge in [0.05, 0.1) is 5.69 Å². The molecular weight excluding hydrogens is 292 g/mol. The summed E-state index contributed by atoms with van der Waals surface area (Å²) < 4.78 is 2.37. The van der Waals surface area contributed by atoms with Crippen LogP contribution in [0.15, 0.2) is 18.0 Å². The highest BCUT2D eigenvalue weighted by atomic mass is 79.9. The number of nitrogens with one attached hydrogen (secondary N) is 2. The minimum absolute atomic E-state index is 0.396. The van der Waals surface area contributed by atoms with Crippen molar-refractivity contribution in [2.45, 2.75) is 39.7 Å². The summed E-state index contributed by atoms with van der Waals surface area (Å²) in [4.78, 5) is 0. The van der Waals surface area contributed by atoms with Gasteiger partial charge in [0.15, 0.2) is 0 Å². The maximum Gasteiger partial charge on any atom is 0.102 e. The number of allylic oxidation sites excluding steroid dienone is 1. The molecule has 0 aliphatic rings. The van der Waals surface area contributed by atoms with Crippen LogP contribution in [0, 0.1) is 5.41 Å². The highest BCUT2D eigenvalue weighted by molar-refractivity contribution is 9.18. The largest absolute Gasteiger partial charge is 0.394 e. The molecule has 0 aromatic carbocycles. The van der Waals surface area contributed by atoms with Crippen molar-refractivity contribution >= 4 is 20.6 Å². The Kier molecular flexibility index (Phi) is 5.59. The fraction of sp³-hybridized carbons (Fsp3) is 0.538. The highest BCUT2D eigenvalue weighted by Gasteiger charge is 2.14. The van der Waals surface area contributed by atoms with E-state index in [1.807, 2.05) is 17.9 Å². The van der Waals surface area contributed by atoms with Crippen LogP contribution >= 0.6 is 15.9 Å². The smallest absolute Gasteiger partial charge is 0.102 e. The van der Waals surface area contributed by atoms with Gasteiger partial charge in [-0.25, -0.2) is 0 Å². The molecule has 0 spiro atoms. The lowest BCUT2D eigenvalue weighted by atomic mass is 10.0. The molecular formula is C13H21BrN4. The van der Waals surface area contributed by atoms with Gasteiger partial charge in [0.25, 0.3) is 0 Å². The predicted molar refractivity (Wildman–Crippen MR) is 79.5 cm³/mol. The summed E-state index contributed by atoms with van der Waals surface area (Å²) >= 11 is 3.23. The lowest BCUT2D eigenvalue weighted by molar-refractivity contribution is 0.635. The fourth-order valence-corrected chi connectivity index (χ4v) is 2.09. The van der Waals surface area contributed by atoms with Gasteiger partial charge in [-0.1, -0.05) is 13.8 Å². The summed E-state index contributed by atoms with van der Waals surface area (Å²) in [6.07, 6.45) is 4.65. The lowest BCUT2D eigenvalue weighted by Gasteiger charge is -2.07. The van der Waals surface area contributed by atoms with Crippen LogP contribution in [0.3, 0.4) is 0 Å². The van der Waals surface area contributed by atoms with Gasteiger partial charge in [-0.3, -0.25) is 10.1 Å². The van der Waals surface area contributed by atoms with E-state index in [-0.39, 0.29) is 0 Å². The first-order chi connectivity index (χ1) is 8.49. The van der Waals surface area contributed by atoms with Crippen molar-refractivity contribution in [3.63, 3.8) is 0 Å². The molecule has 4 nitrogen and oxygen atoms in total. The Morgan fingerprint density at radius 3 is 2.72 bits per heavy atom. The van der Waals surface area contributed by atoms with Crippen molar-refractivity contribution < 1.29 is 0 Å². The van der Waals surface area contributed by atoms with Gasteiger partial charge in [-0.2, -0.15) is 5.10 Å². The second-order valence-electron chi connectivity index (χ2n) is 4.50. The molecule has 0 amide bonds. The molecule has 1 aromatic rings. The lowest BCUT2D eigenvalue weighted by Crippen LogP contribution is -2.05. The van der Waals surface area contributed by atoms with E-state index in [4.69, 9.17) is 5.41 Å². The number of nitrogens with zero attached hydrogens (tertiary/aromatic N) is 2. The molecule has 0 saturated carbocycles. The highest BCUT2D eigenvalue weighted by Crippen LogP contribution is 2.21. The van der Waals surface area contributed by atoms with E-state index in [9.17, 15) is 0 Å². The Balaban J connectivity index is 3.05. The average molecular weight is 313 g/mol. The molecule has 18 heavy (non-hydrogen) atoms. The molecule has 5 heteroatoms. The molecule has 0 saturated heterocycles. The van der Waals surface area contributed by atoms with Crippen molar-refractivity contribution in [1.29, 1.82) is 5.41 Å². The molecule has 1 aromatic heterocycles. The molecule has 1 heterocycles. The van der Waals surface area contributed by atoms with Gasteiger partial charge < -0.3 is 5.32 Å². The molecule has 0 aliphatic heterocycles. The van der Waals surface area contributed by atoms with E-state index in [0.29, 0.717) is 10.5 Å². The van der Waals surface area contributed by atoms with Gasteiger partial charge >= 0.3 is 0 Å². The Morgan fingerprint density at radius 1 is 1.61 bits per heavy atom. The zero-order valence-corrected chi connectivity index (χ0v) is 13.0. The molecule has 2 N–H and O–H groups in total. The summed E-state index contributed by atoms with van der Waals surface area (Å²) in [5.74, 6) is 0.396. The minimum atomic E-state index is 0.396. The number of halogens is 1. The van der Waals surface area contributed by atoms with E-state index in [2.05, 4.69) is 53.3 Å². The molecule has 0 atom stereocenters. The van der Waals surface area contributed by atoms with E-state index >= 15 is 0 Å². The van der Waals surface area contributed by atoms with Crippen LogP contribution in [0.25, 0.3) is 0 Å². The first kappa shape index (κ1) is 15.0. The third kappa shape index (κ3) is 3.70. The van der Waals surface area contributed by atoms with Crippen molar-refractivity contribution in [2.24, 2.45) is 0 Å². The summed E-state index contributed by atoms with van der Waals surface area (Å²) in [7, 11) is 1.84. The van der Waals surface area contributed by atoms with Crippen molar-refractivity contribution in [3.05, 3.63) is 29.2 Å². The van der Waals surface area contributed by atoms with Gasteiger partial charge in [-0.05, 0) is 34.3 Å². The number of aryl methyl sites for hydroxylation is 1. The first-order valence-corrected chi connectivity index (χ1v) is 6.95. The fourth-order valence-electron chi connectivity index (χ4n) is 1.83. The van der Waals surface area contributed by atoms with Crippen LogP contribution in [-0.2, 0) is 13.0 Å². The predicted octanol–water partition coefficient (Wildman–Crippen LogP) is 3.04. The molecule has 0 radical (unpaired) electrons. The zero-order valence-electron chi connectivity index (χ0n) is 11.4. The van der Waals surface area contributed by atoms with Gasteiger partial charge in [0, 0.05) is 38.0 Å². The number of hydrogen-bond donors (Lipinski definition) is 2. The van der Waals surface area contributed by atoms with E-state index in [0.717, 1.165) is 24.2 Å². The standard InChI is InChI=1S/C13H21BrN4/c1-5-18-8-11(12(17-18)9(2)3)6-10(7-16-4)13(14)15/h7-9,15-16H,5-6H2,1-4H3/b10-7-,15-13?. The SMILES string of the molecule is CCn1cc(C/C(=C/NC)C(=N)Br)c(C(C)C)n1. The summed E-state index contributed by atoms with van der Waals surface area (Å²) in [6.45, 7) is 7.24. The monoisotopic (exact) mass is 312 g/mol. The number of rotatable bonds is 6. The van der Waals surface area contributed by atoms with E-state index in [1.54, 1.807) is 0 Å². The second kappa shape index (κ2) is 6.73. The van der Waals surface area contributed by atoms with Gasteiger partial charge in [0.1, 0.15) is 4.62 Å². The Bertz CT molecular complexity index is 446. The maximum absolute atomic E-state index is 7.71. The topological polar surface area (TPSA) is 53.7 Å². The normalized spacial score (nSPS) is 12.0. The van der Waals surface area contributed by atoms with Crippen LogP contribution in [-0.4, -0.2) is 21.4 Å². The Hall–Kier alpha value is -1.10. The van der Waals surface area contributed by atoms with Gasteiger partial charge in [0.2, 0.25) is 0 Å². The van der Waals surface area contributed by atoms with Crippen molar-refractivity contribution in [3.8, 4) is 0 Å². The first-order valence-electron chi connectivity index (χ1n) is 6.16. The second-order valence-corrected chi connectivity index (χ2v) is 5.29. The van der Waals surface area contributed by atoms with Crippen molar-refractivity contribution in [2.75, 3.05) is 7.05 Å². The number of hydrogen-bond acceptors (Lipinski definition) is 3. The molecule has 0 unspecified atom stereocenters. The van der Waals surface area contributed by atoms with Crippen LogP contribution in [0.4, 0.5) is 0 Å². The zero-order chi connectivity index (χ0) is 13.7. The molecule has 0 fully saturated rings. The maximum atomic E-state index is 7.71. The van der Waals surface area contributed by atoms with Crippen LogP contribution in [0.2, 0.25) is 0 Å². The van der Waals surface area contributed by atoms with Gasteiger partial charge in [-0.15, -0.1) is 0 Å². The quantitative estimate of drug-likeness (QED) is 0.793. The summed E-state index contributed by atoms with van der Waals surface area (Å²) in [6, 6.07) is 0. The van der Waals surface area contributed by atoms with Crippen LogP contribution in [0.1, 0.15) is 37.9 Å². The van der Waals surface area contributed by atoms with E-state index < -0.39 is 0 Å². The summed E-state index contributed by atoms with van der Waals surface area (Å²) in [5.41, 5.74) is 3.24. The summed E-state index contributed by atoms with van der Waals surface area (Å²) in [5, 5.41) is 15.3. The minimum Gasteiger partial charge on any atom is -0.394 e. The van der Waals surface area contributed by atoms with Crippen molar-refractivity contribution in [1.82, 2.24) is 15.1 Å².